The van der Waals surface area contributed by atoms with Gasteiger partial charge < -0.3 is 0 Å². The maximum absolute atomic E-state index is 4.83. The largest absolute Gasteiger partial charge is 0.283 e. The summed E-state index contributed by atoms with van der Waals surface area (Å²) >= 11 is 1.76. The molecule has 0 unspecified atom stereocenters. The molecule has 3 heteroatoms. The predicted molar refractivity (Wildman–Crippen MR) is 124 cm³/mol. The molecule has 2 aromatic heterocycles. The number of para-hydroxylation sites is 2. The monoisotopic (exact) mass is 390 g/mol. The van der Waals surface area contributed by atoms with Gasteiger partial charge in [0.05, 0.1) is 21.3 Å². The second-order valence-corrected chi connectivity index (χ2v) is 8.40. The van der Waals surface area contributed by atoms with Crippen LogP contribution in [0.5, 0.6) is 0 Å². The number of aromatic nitrogens is 2. The molecule has 0 radical (unpaired) electrons. The van der Waals surface area contributed by atoms with E-state index in [4.69, 9.17) is 4.98 Å². The van der Waals surface area contributed by atoms with Crippen molar-refractivity contribution in [3.8, 4) is 22.3 Å². The maximum atomic E-state index is 4.83. The Hall–Kier alpha value is -3.43. The van der Waals surface area contributed by atoms with Crippen molar-refractivity contribution >= 4 is 37.5 Å². The molecule has 0 aliphatic rings. The first-order chi connectivity index (χ1) is 14.3. The Morgan fingerprint density at radius 1 is 0.690 bits per heavy atom. The number of nitrogens with zero attached hydrogens (tertiary/aromatic N) is 2. The summed E-state index contributed by atoms with van der Waals surface area (Å²) in [5, 5.41) is 0. The van der Waals surface area contributed by atoms with Crippen LogP contribution in [0.3, 0.4) is 0 Å². The second-order valence-electron chi connectivity index (χ2n) is 7.42. The van der Waals surface area contributed by atoms with E-state index >= 15 is 0 Å². The van der Waals surface area contributed by atoms with E-state index < -0.39 is 0 Å². The third kappa shape index (κ3) is 2.59. The highest BCUT2D eigenvalue weighted by Crippen LogP contribution is 2.37. The number of hydrogen-bond acceptors (Lipinski definition) is 2. The van der Waals surface area contributed by atoms with E-state index in [0.29, 0.717) is 0 Å². The fraction of sp³-hybridized carbons (Fsp3) is 0.0385. The smallest absolute Gasteiger partial charge is 0.195 e. The van der Waals surface area contributed by atoms with E-state index in [2.05, 4.69) is 96.3 Å². The summed E-state index contributed by atoms with van der Waals surface area (Å²) in [6, 6.07) is 32.4. The van der Waals surface area contributed by atoms with Crippen molar-refractivity contribution in [3.63, 3.8) is 0 Å². The zero-order chi connectivity index (χ0) is 19.4. The lowest BCUT2D eigenvalue weighted by molar-refractivity contribution is 1.35. The molecule has 2 nitrogen and oxygen atoms in total. The average Bonchev–Trinajstić information content (AvgIpc) is 3.30. The third-order valence-electron chi connectivity index (χ3n) is 5.51. The quantitative estimate of drug-likeness (QED) is 0.302. The summed E-state index contributed by atoms with van der Waals surface area (Å²) in [6.07, 6.45) is 0. The second kappa shape index (κ2) is 6.29. The molecule has 0 atom stereocenters. The molecular formula is C26H18N2S. The van der Waals surface area contributed by atoms with Crippen molar-refractivity contribution in [1.82, 2.24) is 9.38 Å². The van der Waals surface area contributed by atoms with E-state index in [-0.39, 0.29) is 0 Å². The topological polar surface area (TPSA) is 17.3 Å². The van der Waals surface area contributed by atoms with Gasteiger partial charge in [0, 0.05) is 5.56 Å². The highest BCUT2D eigenvalue weighted by atomic mass is 32.1. The molecule has 0 spiro atoms. The molecule has 0 fully saturated rings. The van der Waals surface area contributed by atoms with Crippen LogP contribution in [0.25, 0.3) is 48.5 Å². The van der Waals surface area contributed by atoms with Crippen LogP contribution in [0.4, 0.5) is 0 Å². The molecule has 29 heavy (non-hydrogen) atoms. The lowest BCUT2D eigenvalue weighted by Crippen LogP contribution is -1.84. The van der Waals surface area contributed by atoms with E-state index in [1.165, 1.54) is 43.6 Å². The summed E-state index contributed by atoms with van der Waals surface area (Å²) in [5.74, 6) is 0. The third-order valence-corrected chi connectivity index (χ3v) is 6.60. The minimum Gasteiger partial charge on any atom is -0.283 e. The number of benzene rings is 4. The first-order valence-electron chi connectivity index (χ1n) is 9.74. The molecule has 0 aliphatic heterocycles. The summed E-state index contributed by atoms with van der Waals surface area (Å²) < 4.78 is 3.56. The van der Waals surface area contributed by atoms with Gasteiger partial charge in [0.25, 0.3) is 0 Å². The van der Waals surface area contributed by atoms with Gasteiger partial charge in [0.2, 0.25) is 0 Å². The molecule has 0 aliphatic carbocycles. The zero-order valence-electron chi connectivity index (χ0n) is 16.0. The standard InChI is InChI=1S/C26H18N2S/c1-17-6-4-7-20(16-17)18-12-14-19(15-13-18)21-8-5-11-24-25(21)29-26-27-22-9-2-3-10-23(22)28(24)26/h2-16H,1H3. The molecule has 6 aromatic rings. The van der Waals surface area contributed by atoms with Gasteiger partial charge in [0.1, 0.15) is 0 Å². The zero-order valence-corrected chi connectivity index (χ0v) is 16.8. The highest BCUT2D eigenvalue weighted by molar-refractivity contribution is 7.24. The highest BCUT2D eigenvalue weighted by Gasteiger charge is 2.14. The van der Waals surface area contributed by atoms with Gasteiger partial charge in [-0.15, -0.1) is 0 Å². The van der Waals surface area contributed by atoms with Crippen LogP contribution in [0.15, 0.2) is 91.0 Å². The van der Waals surface area contributed by atoms with Crippen LogP contribution >= 0.6 is 11.3 Å². The van der Waals surface area contributed by atoms with Crippen LogP contribution in [-0.2, 0) is 0 Å². The first-order valence-corrected chi connectivity index (χ1v) is 10.6. The molecule has 0 bridgehead atoms. The van der Waals surface area contributed by atoms with Gasteiger partial charge in [-0.1, -0.05) is 89.7 Å². The van der Waals surface area contributed by atoms with E-state index in [9.17, 15) is 0 Å². The van der Waals surface area contributed by atoms with Crippen molar-refractivity contribution in [2.45, 2.75) is 6.92 Å². The number of fused-ring (bicyclic) bond motifs is 5. The van der Waals surface area contributed by atoms with Crippen molar-refractivity contribution in [1.29, 1.82) is 0 Å². The number of aryl methyl sites for hydroxylation is 1. The van der Waals surface area contributed by atoms with Gasteiger partial charge in [-0.2, -0.15) is 0 Å². The van der Waals surface area contributed by atoms with Crippen molar-refractivity contribution in [2.24, 2.45) is 0 Å². The Balaban J connectivity index is 1.51. The van der Waals surface area contributed by atoms with Crippen molar-refractivity contribution in [2.75, 3.05) is 0 Å². The fourth-order valence-electron chi connectivity index (χ4n) is 4.10. The number of imidazole rings is 1. The molecule has 138 valence electrons. The van der Waals surface area contributed by atoms with E-state index in [1.54, 1.807) is 11.3 Å². The van der Waals surface area contributed by atoms with E-state index in [0.717, 1.165) is 10.5 Å². The maximum Gasteiger partial charge on any atom is 0.195 e. The number of rotatable bonds is 2. The van der Waals surface area contributed by atoms with Crippen LogP contribution in [0.1, 0.15) is 5.56 Å². The van der Waals surface area contributed by atoms with Crippen LogP contribution < -0.4 is 0 Å². The minimum atomic E-state index is 1.05. The summed E-state index contributed by atoms with van der Waals surface area (Å²) in [7, 11) is 0. The number of thiazole rings is 1. The molecule has 0 amide bonds. The van der Waals surface area contributed by atoms with Crippen LogP contribution in [0, 0.1) is 6.92 Å². The summed E-state index contributed by atoms with van der Waals surface area (Å²) in [4.78, 5) is 5.88. The average molecular weight is 391 g/mol. The van der Waals surface area contributed by atoms with Crippen molar-refractivity contribution in [3.05, 3.63) is 96.6 Å². The molecule has 0 saturated heterocycles. The van der Waals surface area contributed by atoms with Crippen LogP contribution in [0.2, 0.25) is 0 Å². The Morgan fingerprint density at radius 3 is 2.31 bits per heavy atom. The Morgan fingerprint density at radius 2 is 1.45 bits per heavy atom. The molecule has 0 N–H and O–H groups in total. The molecular weight excluding hydrogens is 372 g/mol. The fourth-order valence-corrected chi connectivity index (χ4v) is 5.27. The SMILES string of the molecule is Cc1cccc(-c2ccc(-c3cccc4c3sc3nc5ccccc5n34)cc2)c1. The molecule has 2 heterocycles. The first kappa shape index (κ1) is 16.5. The van der Waals surface area contributed by atoms with Gasteiger partial charge >= 0.3 is 0 Å². The van der Waals surface area contributed by atoms with Gasteiger partial charge in [-0.25, -0.2) is 4.98 Å². The lowest BCUT2D eigenvalue weighted by atomic mass is 9.99. The van der Waals surface area contributed by atoms with Gasteiger partial charge in [-0.3, -0.25) is 4.40 Å². The Bertz CT molecular complexity index is 1500. The van der Waals surface area contributed by atoms with E-state index in [1.807, 2.05) is 6.07 Å². The van der Waals surface area contributed by atoms with Crippen LogP contribution in [-0.4, -0.2) is 9.38 Å². The molecule has 6 rings (SSSR count). The Kier molecular flexibility index (Phi) is 3.58. The normalized spacial score (nSPS) is 11.6. The van der Waals surface area contributed by atoms with Gasteiger partial charge in [-0.05, 0) is 41.8 Å². The van der Waals surface area contributed by atoms with Gasteiger partial charge in [0.15, 0.2) is 4.96 Å². The molecule has 0 saturated carbocycles. The Labute approximate surface area is 172 Å². The summed E-state index contributed by atoms with van der Waals surface area (Å²) in [6.45, 7) is 2.13. The predicted octanol–water partition coefficient (Wildman–Crippen LogP) is 7.34. The minimum absolute atomic E-state index is 1.05. The van der Waals surface area contributed by atoms with Crippen molar-refractivity contribution < 1.29 is 0 Å². The number of hydrogen-bond donors (Lipinski definition) is 0. The lowest BCUT2D eigenvalue weighted by Gasteiger charge is -2.07. The molecule has 4 aromatic carbocycles. The summed E-state index contributed by atoms with van der Waals surface area (Å²) in [5.41, 5.74) is 9.73.